The third-order valence-corrected chi connectivity index (χ3v) is 7.66. The van der Waals surface area contributed by atoms with Gasteiger partial charge >= 0.3 is 0 Å². The molecule has 0 saturated carbocycles. The molecule has 7 heteroatoms. The van der Waals surface area contributed by atoms with Gasteiger partial charge < -0.3 is 19.7 Å². The quantitative estimate of drug-likeness (QED) is 0.228. The van der Waals surface area contributed by atoms with E-state index in [2.05, 4.69) is 24.1 Å². The van der Waals surface area contributed by atoms with Crippen LogP contribution in [-0.2, 0) is 11.2 Å². The van der Waals surface area contributed by atoms with Gasteiger partial charge in [-0.25, -0.2) is 0 Å². The molecule has 1 aromatic heterocycles. The van der Waals surface area contributed by atoms with Crippen molar-refractivity contribution in [3.63, 3.8) is 0 Å². The van der Waals surface area contributed by atoms with Gasteiger partial charge in [-0.1, -0.05) is 30.7 Å². The molecular weight excluding hydrogens is 522 g/mol. The maximum atomic E-state index is 13.8. The molecule has 1 amide bonds. The second-order valence-corrected chi connectivity index (χ2v) is 10.6. The van der Waals surface area contributed by atoms with Gasteiger partial charge in [0.15, 0.2) is 11.5 Å². The molecule has 1 N–H and O–H groups in total. The number of amides is 1. The zero-order chi connectivity index (χ0) is 28.2. The maximum Gasteiger partial charge on any atom is 0.232 e. The first-order valence-corrected chi connectivity index (χ1v) is 14.0. The van der Waals surface area contributed by atoms with E-state index in [1.165, 1.54) is 0 Å². The monoisotopic (exact) mass is 555 g/mol. The summed E-state index contributed by atoms with van der Waals surface area (Å²) in [5.41, 5.74) is 5.84. The van der Waals surface area contributed by atoms with Crippen molar-refractivity contribution in [1.29, 1.82) is 0 Å². The minimum absolute atomic E-state index is 0.0101. The Morgan fingerprint density at radius 1 is 1.00 bits per heavy atom. The SMILES string of the molecule is CC[C@@H](C)Oc1cc2c(cc1OC)CC(=O)N(c1ccc(NC(C)c3ccncc3)cc1)[C@H]2c1ccc(Cl)cc1. The van der Waals surface area contributed by atoms with Crippen LogP contribution in [0.5, 0.6) is 11.5 Å². The number of nitrogens with zero attached hydrogens (tertiary/aromatic N) is 2. The highest BCUT2D eigenvalue weighted by Gasteiger charge is 2.36. The predicted molar refractivity (Wildman–Crippen MR) is 161 cm³/mol. The second kappa shape index (κ2) is 12.0. The van der Waals surface area contributed by atoms with E-state index in [0.717, 1.165) is 40.0 Å². The first-order valence-electron chi connectivity index (χ1n) is 13.6. The van der Waals surface area contributed by atoms with Crippen molar-refractivity contribution in [1.82, 2.24) is 4.98 Å². The summed E-state index contributed by atoms with van der Waals surface area (Å²) < 4.78 is 11.9. The molecule has 3 atom stereocenters. The topological polar surface area (TPSA) is 63.7 Å². The Hall–Kier alpha value is -4.03. The Balaban J connectivity index is 1.53. The summed E-state index contributed by atoms with van der Waals surface area (Å²) in [5, 5.41) is 4.18. The fraction of sp³-hybridized carbons (Fsp3) is 0.273. The molecule has 40 heavy (non-hydrogen) atoms. The van der Waals surface area contributed by atoms with E-state index in [0.29, 0.717) is 16.5 Å². The second-order valence-electron chi connectivity index (χ2n) is 10.1. The van der Waals surface area contributed by atoms with Crippen LogP contribution >= 0.6 is 11.6 Å². The Kier molecular flexibility index (Phi) is 8.27. The summed E-state index contributed by atoms with van der Waals surface area (Å²) in [4.78, 5) is 19.8. The lowest BCUT2D eigenvalue weighted by molar-refractivity contribution is -0.118. The summed E-state index contributed by atoms with van der Waals surface area (Å²) in [6, 6.07) is 23.4. The molecule has 0 saturated heterocycles. The third kappa shape index (κ3) is 5.77. The lowest BCUT2D eigenvalue weighted by Crippen LogP contribution is -2.41. The van der Waals surface area contributed by atoms with Crippen LogP contribution in [-0.4, -0.2) is 24.1 Å². The van der Waals surface area contributed by atoms with Crippen molar-refractivity contribution in [3.05, 3.63) is 112 Å². The zero-order valence-corrected chi connectivity index (χ0v) is 24.0. The molecule has 0 bridgehead atoms. The number of methoxy groups -OCH3 is 1. The number of rotatable bonds is 9. The molecule has 0 radical (unpaired) electrons. The third-order valence-electron chi connectivity index (χ3n) is 7.41. The van der Waals surface area contributed by atoms with Gasteiger partial charge in [-0.05, 0) is 103 Å². The van der Waals surface area contributed by atoms with Crippen LogP contribution < -0.4 is 19.7 Å². The molecule has 5 rings (SSSR count). The fourth-order valence-corrected chi connectivity index (χ4v) is 5.20. The van der Waals surface area contributed by atoms with Crippen LogP contribution in [0, 0.1) is 0 Å². The number of pyridine rings is 1. The minimum Gasteiger partial charge on any atom is -0.493 e. The highest BCUT2D eigenvalue weighted by molar-refractivity contribution is 6.30. The van der Waals surface area contributed by atoms with Gasteiger partial charge in [0.1, 0.15) is 0 Å². The van der Waals surface area contributed by atoms with Crippen molar-refractivity contribution in [2.24, 2.45) is 0 Å². The van der Waals surface area contributed by atoms with Crippen molar-refractivity contribution >= 4 is 28.9 Å². The van der Waals surface area contributed by atoms with Gasteiger partial charge in [0.05, 0.1) is 25.7 Å². The van der Waals surface area contributed by atoms with E-state index in [1.807, 2.05) is 84.6 Å². The summed E-state index contributed by atoms with van der Waals surface area (Å²) in [6.07, 6.45) is 4.74. The molecule has 4 aromatic rings. The normalized spacial score (nSPS) is 16.2. The van der Waals surface area contributed by atoms with E-state index in [-0.39, 0.29) is 30.5 Å². The molecule has 1 unspecified atom stereocenters. The first-order chi connectivity index (χ1) is 19.4. The molecule has 3 aromatic carbocycles. The van der Waals surface area contributed by atoms with Gasteiger partial charge in [0, 0.05) is 34.8 Å². The van der Waals surface area contributed by atoms with Crippen LogP contribution in [0.2, 0.25) is 5.02 Å². The molecule has 0 aliphatic carbocycles. The minimum atomic E-state index is -0.353. The Labute approximate surface area is 240 Å². The van der Waals surface area contributed by atoms with E-state index in [1.54, 1.807) is 19.5 Å². The Bertz CT molecular complexity index is 1460. The first kappa shape index (κ1) is 27.5. The number of carbonyl (C=O) groups excluding carboxylic acids is 1. The van der Waals surface area contributed by atoms with Gasteiger partial charge in [0.25, 0.3) is 0 Å². The number of halogens is 1. The number of benzene rings is 3. The van der Waals surface area contributed by atoms with Crippen molar-refractivity contribution in [2.45, 2.75) is 51.8 Å². The summed E-state index contributed by atoms with van der Waals surface area (Å²) in [6.45, 7) is 6.23. The van der Waals surface area contributed by atoms with Crippen molar-refractivity contribution in [3.8, 4) is 11.5 Å². The number of ether oxygens (including phenoxy) is 2. The van der Waals surface area contributed by atoms with Gasteiger partial charge in [-0.2, -0.15) is 0 Å². The molecule has 206 valence electrons. The van der Waals surface area contributed by atoms with E-state index >= 15 is 0 Å². The fourth-order valence-electron chi connectivity index (χ4n) is 5.08. The molecule has 6 nitrogen and oxygen atoms in total. The lowest BCUT2D eigenvalue weighted by Gasteiger charge is -2.38. The van der Waals surface area contributed by atoms with Gasteiger partial charge in [0.2, 0.25) is 5.91 Å². The largest absolute Gasteiger partial charge is 0.493 e. The highest BCUT2D eigenvalue weighted by atomic mass is 35.5. The highest BCUT2D eigenvalue weighted by Crippen LogP contribution is 2.44. The average molecular weight is 556 g/mol. The Morgan fingerprint density at radius 3 is 2.35 bits per heavy atom. The van der Waals surface area contributed by atoms with Crippen LogP contribution in [0.3, 0.4) is 0 Å². The number of nitrogens with one attached hydrogen (secondary N) is 1. The molecule has 0 fully saturated rings. The summed E-state index contributed by atoms with van der Waals surface area (Å²) >= 11 is 6.25. The van der Waals surface area contributed by atoms with Crippen molar-refractivity contribution < 1.29 is 14.3 Å². The van der Waals surface area contributed by atoms with Crippen molar-refractivity contribution in [2.75, 3.05) is 17.3 Å². The van der Waals surface area contributed by atoms with Crippen LogP contribution in [0.4, 0.5) is 11.4 Å². The smallest absolute Gasteiger partial charge is 0.232 e. The average Bonchev–Trinajstić information content (AvgIpc) is 2.97. The number of hydrogen-bond donors (Lipinski definition) is 1. The standard InChI is InChI=1S/C33H34ClN3O3/c1-5-21(2)40-31-20-29-25(18-30(31)39-4)19-32(38)37(33(29)24-6-8-26(34)9-7-24)28-12-10-27(11-13-28)36-22(3)23-14-16-35-17-15-23/h6-18,20-22,33,36H,5,19H2,1-4H3/t21-,22?,33+/m1/s1. The zero-order valence-electron chi connectivity index (χ0n) is 23.2. The number of hydrogen-bond acceptors (Lipinski definition) is 5. The van der Waals surface area contributed by atoms with Crippen LogP contribution in [0.25, 0.3) is 0 Å². The van der Waals surface area contributed by atoms with Gasteiger partial charge in [-0.15, -0.1) is 0 Å². The molecule has 0 spiro atoms. The van der Waals surface area contributed by atoms with Gasteiger partial charge in [-0.3, -0.25) is 9.78 Å². The predicted octanol–water partition coefficient (Wildman–Crippen LogP) is 7.77. The Morgan fingerprint density at radius 2 is 1.70 bits per heavy atom. The number of fused-ring (bicyclic) bond motifs is 1. The van der Waals surface area contributed by atoms with Crippen LogP contribution in [0.1, 0.15) is 61.5 Å². The maximum absolute atomic E-state index is 13.8. The summed E-state index contributed by atoms with van der Waals surface area (Å²) in [7, 11) is 1.63. The molecular formula is C33H34ClN3O3. The lowest BCUT2D eigenvalue weighted by atomic mass is 9.86. The number of anilines is 2. The summed E-state index contributed by atoms with van der Waals surface area (Å²) in [5.74, 6) is 1.32. The number of aromatic nitrogens is 1. The van der Waals surface area contributed by atoms with E-state index in [4.69, 9.17) is 21.1 Å². The molecule has 1 aliphatic heterocycles. The van der Waals surface area contributed by atoms with E-state index < -0.39 is 0 Å². The molecule has 2 heterocycles. The van der Waals surface area contributed by atoms with Crippen LogP contribution in [0.15, 0.2) is 85.2 Å². The van der Waals surface area contributed by atoms with E-state index in [9.17, 15) is 4.79 Å². The number of carbonyl (C=O) groups is 1. The molecule has 1 aliphatic rings.